The molecule has 1 heterocycles. The van der Waals surface area contributed by atoms with Gasteiger partial charge >= 0.3 is 0 Å². The van der Waals surface area contributed by atoms with Crippen molar-refractivity contribution in [3.8, 4) is 0 Å². The highest BCUT2D eigenvalue weighted by Crippen LogP contribution is 2.30. The Hall–Kier alpha value is -4.07. The number of hydrogen-bond donors (Lipinski definition) is 0. The molecule has 1 aliphatic rings. The van der Waals surface area contributed by atoms with Crippen LogP contribution in [0.2, 0.25) is 0 Å². The number of rotatable bonds is 7. The van der Waals surface area contributed by atoms with Gasteiger partial charge in [0.15, 0.2) is 0 Å². The van der Waals surface area contributed by atoms with E-state index in [1.54, 1.807) is 43.4 Å². The van der Waals surface area contributed by atoms with E-state index in [0.717, 1.165) is 5.39 Å². The molecule has 0 radical (unpaired) electrons. The highest BCUT2D eigenvalue weighted by Gasteiger charge is 2.32. The topological polar surface area (TPSA) is 101 Å². The summed E-state index contributed by atoms with van der Waals surface area (Å²) in [5.74, 6) is -0.871. The zero-order valence-corrected chi connectivity index (χ0v) is 17.5. The first-order valence-electron chi connectivity index (χ1n) is 10.2. The number of nitrogens with zero attached hydrogens (tertiary/aromatic N) is 3. The van der Waals surface area contributed by atoms with Crippen molar-refractivity contribution in [1.29, 1.82) is 0 Å². The molecule has 8 nitrogen and oxygen atoms in total. The second-order valence-electron chi connectivity index (χ2n) is 7.75. The van der Waals surface area contributed by atoms with Crippen LogP contribution < -0.4 is 0 Å². The van der Waals surface area contributed by atoms with Crippen molar-refractivity contribution in [3.63, 3.8) is 0 Å². The van der Waals surface area contributed by atoms with E-state index in [0.29, 0.717) is 28.5 Å². The van der Waals surface area contributed by atoms with Crippen LogP contribution in [0.4, 0.5) is 5.69 Å². The molecule has 32 heavy (non-hydrogen) atoms. The van der Waals surface area contributed by atoms with Gasteiger partial charge in [-0.1, -0.05) is 36.4 Å². The Morgan fingerprint density at radius 2 is 1.62 bits per heavy atom. The third-order valence-corrected chi connectivity index (χ3v) is 5.60. The predicted molar refractivity (Wildman–Crippen MR) is 118 cm³/mol. The van der Waals surface area contributed by atoms with Crippen LogP contribution in [0.25, 0.3) is 10.8 Å². The molecule has 8 heteroatoms. The molecule has 0 aromatic heterocycles. The van der Waals surface area contributed by atoms with E-state index in [9.17, 15) is 24.5 Å². The quantitative estimate of drug-likeness (QED) is 0.322. The minimum absolute atomic E-state index is 0.0271. The number of nitro benzene ring substituents is 1. The first-order chi connectivity index (χ1) is 15.4. The van der Waals surface area contributed by atoms with Crippen molar-refractivity contribution >= 4 is 34.2 Å². The number of non-ortho nitro benzene ring substituents is 1. The molecule has 0 unspecified atom stereocenters. The van der Waals surface area contributed by atoms with Gasteiger partial charge in [0.25, 0.3) is 17.5 Å². The number of carbonyl (C=O) groups is 3. The summed E-state index contributed by atoms with van der Waals surface area (Å²) in [5, 5.41) is 12.4. The zero-order chi connectivity index (χ0) is 22.8. The number of hydrogen-bond acceptors (Lipinski definition) is 5. The zero-order valence-electron chi connectivity index (χ0n) is 17.5. The van der Waals surface area contributed by atoms with Gasteiger partial charge in [0, 0.05) is 55.2 Å². The Morgan fingerprint density at radius 1 is 1.00 bits per heavy atom. The van der Waals surface area contributed by atoms with Crippen LogP contribution in [0.15, 0.2) is 60.7 Å². The second-order valence-corrected chi connectivity index (χ2v) is 7.75. The van der Waals surface area contributed by atoms with Crippen LogP contribution in [0.5, 0.6) is 0 Å². The molecule has 3 aromatic rings. The Morgan fingerprint density at radius 3 is 2.25 bits per heavy atom. The summed E-state index contributed by atoms with van der Waals surface area (Å²) in [6.45, 7) is 0.371. The minimum atomic E-state index is -0.476. The first-order valence-corrected chi connectivity index (χ1v) is 10.2. The molecule has 0 saturated carbocycles. The molecule has 1 aliphatic heterocycles. The molecule has 0 spiro atoms. The predicted octanol–water partition coefficient (Wildman–Crippen LogP) is 3.78. The first kappa shape index (κ1) is 21.2. The normalized spacial score (nSPS) is 12.8. The fraction of sp³-hybridized carbons (Fsp3) is 0.208. The van der Waals surface area contributed by atoms with E-state index >= 15 is 0 Å². The second kappa shape index (κ2) is 8.58. The summed E-state index contributed by atoms with van der Waals surface area (Å²) in [5.41, 5.74) is 1.61. The summed E-state index contributed by atoms with van der Waals surface area (Å²) in [6, 6.07) is 16.9. The smallest absolute Gasteiger partial charge is 0.269 e. The molecule has 4 rings (SSSR count). The fourth-order valence-corrected chi connectivity index (χ4v) is 3.99. The monoisotopic (exact) mass is 431 g/mol. The summed E-state index contributed by atoms with van der Waals surface area (Å²) in [6.07, 6.45) is 0.474. The van der Waals surface area contributed by atoms with Crippen LogP contribution in [0, 0.1) is 10.1 Å². The van der Waals surface area contributed by atoms with Gasteiger partial charge in [0.05, 0.1) is 4.92 Å². The van der Waals surface area contributed by atoms with Crippen molar-refractivity contribution in [2.45, 2.75) is 19.4 Å². The third kappa shape index (κ3) is 3.94. The van der Waals surface area contributed by atoms with Crippen LogP contribution in [-0.4, -0.2) is 46.0 Å². The molecule has 0 atom stereocenters. The van der Waals surface area contributed by atoms with E-state index in [4.69, 9.17) is 0 Å². The lowest BCUT2D eigenvalue weighted by atomic mass is 9.94. The number of imide groups is 1. The van der Waals surface area contributed by atoms with Gasteiger partial charge < -0.3 is 4.90 Å². The van der Waals surface area contributed by atoms with Gasteiger partial charge in [-0.05, 0) is 29.5 Å². The molecule has 0 N–H and O–H groups in total. The molecular weight excluding hydrogens is 410 g/mol. The highest BCUT2D eigenvalue weighted by molar-refractivity contribution is 6.25. The van der Waals surface area contributed by atoms with Gasteiger partial charge in [-0.15, -0.1) is 0 Å². The molecular formula is C24H21N3O5. The molecule has 0 bridgehead atoms. The largest absolute Gasteiger partial charge is 0.341 e. The highest BCUT2D eigenvalue weighted by atomic mass is 16.6. The molecule has 0 fully saturated rings. The van der Waals surface area contributed by atoms with Crippen molar-refractivity contribution in [1.82, 2.24) is 9.80 Å². The third-order valence-electron chi connectivity index (χ3n) is 5.60. The standard InChI is InChI=1S/C24H21N3O5/c1-25(15-16-6-2-9-18(14-16)27(31)32)21(28)12-5-13-26-23(29)19-10-3-7-17-8-4-11-20(22(17)19)24(26)30/h2-4,6-11,14H,5,12-13,15H2,1H3. The van der Waals surface area contributed by atoms with E-state index in [2.05, 4.69) is 0 Å². The van der Waals surface area contributed by atoms with Gasteiger partial charge in [-0.25, -0.2) is 0 Å². The Labute approximate surface area is 184 Å². The van der Waals surface area contributed by atoms with Crippen molar-refractivity contribution in [2.75, 3.05) is 13.6 Å². The van der Waals surface area contributed by atoms with Crippen LogP contribution in [0.1, 0.15) is 39.1 Å². The van der Waals surface area contributed by atoms with Gasteiger partial charge in [0.2, 0.25) is 5.91 Å². The van der Waals surface area contributed by atoms with Gasteiger partial charge in [-0.3, -0.25) is 29.4 Å². The maximum absolute atomic E-state index is 12.9. The number of carbonyl (C=O) groups excluding carboxylic acids is 3. The number of benzene rings is 3. The van der Waals surface area contributed by atoms with Crippen molar-refractivity contribution in [2.24, 2.45) is 0 Å². The molecule has 3 aromatic carbocycles. The van der Waals surface area contributed by atoms with Crippen LogP contribution in [0.3, 0.4) is 0 Å². The summed E-state index contributed by atoms with van der Waals surface area (Å²) >= 11 is 0. The summed E-state index contributed by atoms with van der Waals surface area (Å²) in [7, 11) is 1.62. The van der Waals surface area contributed by atoms with E-state index in [-0.39, 0.29) is 42.9 Å². The van der Waals surface area contributed by atoms with E-state index < -0.39 is 4.92 Å². The van der Waals surface area contributed by atoms with Crippen LogP contribution >= 0.6 is 0 Å². The van der Waals surface area contributed by atoms with E-state index in [1.807, 2.05) is 12.1 Å². The average Bonchev–Trinajstić information content (AvgIpc) is 2.79. The van der Waals surface area contributed by atoms with Gasteiger partial charge in [0.1, 0.15) is 0 Å². The lowest BCUT2D eigenvalue weighted by Gasteiger charge is -2.27. The SMILES string of the molecule is CN(Cc1cccc([N+](=O)[O-])c1)C(=O)CCCN1C(=O)c2cccc3cccc(c23)C1=O. The maximum Gasteiger partial charge on any atom is 0.269 e. The summed E-state index contributed by atoms with van der Waals surface area (Å²) in [4.78, 5) is 51.5. The Kier molecular flexibility index (Phi) is 5.68. The maximum atomic E-state index is 12.9. The average molecular weight is 431 g/mol. The lowest BCUT2D eigenvalue weighted by Crippen LogP contribution is -2.41. The van der Waals surface area contributed by atoms with Crippen molar-refractivity contribution in [3.05, 3.63) is 87.5 Å². The number of amides is 3. The van der Waals surface area contributed by atoms with E-state index in [1.165, 1.54) is 21.9 Å². The summed E-state index contributed by atoms with van der Waals surface area (Å²) < 4.78 is 0. The van der Waals surface area contributed by atoms with Crippen molar-refractivity contribution < 1.29 is 19.3 Å². The molecule has 3 amide bonds. The lowest BCUT2D eigenvalue weighted by molar-refractivity contribution is -0.384. The minimum Gasteiger partial charge on any atom is -0.341 e. The molecule has 0 saturated heterocycles. The molecule has 0 aliphatic carbocycles. The fourth-order valence-electron chi connectivity index (χ4n) is 3.99. The Bertz CT molecular complexity index is 1200. The van der Waals surface area contributed by atoms with Crippen LogP contribution in [-0.2, 0) is 11.3 Å². The number of nitro groups is 1. The Balaban J connectivity index is 1.38. The van der Waals surface area contributed by atoms with Gasteiger partial charge in [-0.2, -0.15) is 0 Å². The molecule has 162 valence electrons.